The first kappa shape index (κ1) is 13.4. The molecule has 1 aromatic heterocycles. The molecule has 0 aliphatic rings. The van der Waals surface area contributed by atoms with Gasteiger partial charge in [0.15, 0.2) is 5.82 Å². The first-order valence-electron chi connectivity index (χ1n) is 6.16. The molecule has 3 N–H and O–H groups in total. The monoisotopic (exact) mass is 272 g/mol. The number of nitrogens with two attached hydrogens (primary N) is 1. The molecule has 1 unspecified atom stereocenters. The van der Waals surface area contributed by atoms with Gasteiger partial charge in [0.1, 0.15) is 16.6 Å². The molecule has 0 saturated carbocycles. The van der Waals surface area contributed by atoms with E-state index in [1.165, 1.54) is 22.7 Å². The van der Waals surface area contributed by atoms with E-state index in [0.29, 0.717) is 11.4 Å². The van der Waals surface area contributed by atoms with E-state index in [4.69, 9.17) is 11.0 Å². The topological polar surface area (TPSA) is 74.7 Å². The zero-order valence-corrected chi connectivity index (χ0v) is 11.8. The smallest absolute Gasteiger partial charge is 0.157 e. The molecule has 2 rings (SSSR count). The number of nitrogen functional groups attached to an aromatic ring is 1. The molecule has 0 fully saturated rings. The quantitative estimate of drug-likeness (QED) is 0.895. The number of nitriles is 1. The van der Waals surface area contributed by atoms with Gasteiger partial charge in [0.05, 0.1) is 0 Å². The number of aryl methyl sites for hydroxylation is 1. The second-order valence-corrected chi connectivity index (χ2v) is 5.12. The number of nitrogens with one attached hydrogen (secondary N) is 1. The fourth-order valence-corrected chi connectivity index (χ4v) is 2.58. The largest absolute Gasteiger partial charge is 0.382 e. The number of nitrogens with zero attached hydrogens (tertiary/aromatic N) is 2. The summed E-state index contributed by atoms with van der Waals surface area (Å²) in [6.07, 6.45) is 1.03. The van der Waals surface area contributed by atoms with Gasteiger partial charge in [0.2, 0.25) is 0 Å². The third kappa shape index (κ3) is 2.85. The van der Waals surface area contributed by atoms with E-state index < -0.39 is 0 Å². The maximum absolute atomic E-state index is 9.04. The number of aromatic nitrogens is 1. The van der Waals surface area contributed by atoms with Crippen LogP contribution in [0.25, 0.3) is 0 Å². The Labute approximate surface area is 117 Å². The summed E-state index contributed by atoms with van der Waals surface area (Å²) in [7, 11) is 0. The maximum atomic E-state index is 9.04. The van der Waals surface area contributed by atoms with Crippen LogP contribution < -0.4 is 11.1 Å². The van der Waals surface area contributed by atoms with E-state index in [1.54, 1.807) is 0 Å². The van der Waals surface area contributed by atoms with E-state index in [-0.39, 0.29) is 6.04 Å². The fourth-order valence-electron chi connectivity index (χ4n) is 1.83. The van der Waals surface area contributed by atoms with Crippen LogP contribution in [-0.4, -0.2) is 4.37 Å². The van der Waals surface area contributed by atoms with Gasteiger partial charge in [-0.1, -0.05) is 31.2 Å². The summed E-state index contributed by atoms with van der Waals surface area (Å²) in [5.74, 6) is 0.295. The summed E-state index contributed by atoms with van der Waals surface area (Å²) in [5.41, 5.74) is 8.56. The van der Waals surface area contributed by atoms with Gasteiger partial charge in [0, 0.05) is 6.04 Å². The normalized spacial score (nSPS) is 11.8. The lowest BCUT2D eigenvalue weighted by Crippen LogP contribution is -2.06. The van der Waals surface area contributed by atoms with Crippen LogP contribution in [-0.2, 0) is 6.42 Å². The van der Waals surface area contributed by atoms with Crippen LogP contribution in [0.2, 0.25) is 0 Å². The Morgan fingerprint density at radius 2 is 2.11 bits per heavy atom. The van der Waals surface area contributed by atoms with Crippen molar-refractivity contribution in [3.63, 3.8) is 0 Å². The standard InChI is InChI=1S/C14H16N4S/c1-3-10-4-6-11(7-5-10)9(2)17-14-12(8-15)13(16)18-19-14/h4-7,9,17H,3H2,1-2H3,(H2,16,18). The second kappa shape index (κ2) is 5.72. The van der Waals surface area contributed by atoms with Crippen molar-refractivity contribution in [3.8, 4) is 6.07 Å². The molecule has 19 heavy (non-hydrogen) atoms. The number of hydrogen-bond donors (Lipinski definition) is 2. The van der Waals surface area contributed by atoms with Crippen LogP contribution in [0.5, 0.6) is 0 Å². The van der Waals surface area contributed by atoms with Crippen LogP contribution in [0, 0.1) is 11.3 Å². The molecule has 0 amide bonds. The first-order valence-corrected chi connectivity index (χ1v) is 6.93. The molecule has 98 valence electrons. The molecular weight excluding hydrogens is 256 g/mol. The first-order chi connectivity index (χ1) is 9.15. The van der Waals surface area contributed by atoms with Crippen LogP contribution in [0.1, 0.15) is 36.6 Å². The highest BCUT2D eigenvalue weighted by Gasteiger charge is 2.13. The maximum Gasteiger partial charge on any atom is 0.157 e. The summed E-state index contributed by atoms with van der Waals surface area (Å²) in [6.45, 7) is 4.19. The molecule has 0 bridgehead atoms. The van der Waals surface area contributed by atoms with Gasteiger partial charge in [-0.3, -0.25) is 0 Å². The van der Waals surface area contributed by atoms with Gasteiger partial charge in [0.25, 0.3) is 0 Å². The van der Waals surface area contributed by atoms with Crippen LogP contribution in [0.3, 0.4) is 0 Å². The van der Waals surface area contributed by atoms with Crippen molar-refractivity contribution >= 4 is 22.4 Å². The summed E-state index contributed by atoms with van der Waals surface area (Å²) < 4.78 is 4.00. The van der Waals surface area contributed by atoms with E-state index in [9.17, 15) is 0 Å². The number of benzene rings is 1. The molecule has 1 atom stereocenters. The average Bonchev–Trinajstić information content (AvgIpc) is 2.79. The van der Waals surface area contributed by atoms with Crippen LogP contribution in [0.15, 0.2) is 24.3 Å². The minimum atomic E-state index is 0.109. The lowest BCUT2D eigenvalue weighted by molar-refractivity contribution is 0.887. The van der Waals surface area contributed by atoms with Crippen LogP contribution >= 0.6 is 11.5 Å². The van der Waals surface area contributed by atoms with Crippen molar-refractivity contribution in [2.24, 2.45) is 0 Å². The van der Waals surface area contributed by atoms with Crippen molar-refractivity contribution < 1.29 is 0 Å². The molecule has 1 aromatic carbocycles. The zero-order chi connectivity index (χ0) is 13.8. The van der Waals surface area contributed by atoms with Gasteiger partial charge in [-0.25, -0.2) is 0 Å². The van der Waals surface area contributed by atoms with Crippen molar-refractivity contribution in [1.82, 2.24) is 4.37 Å². The fraction of sp³-hybridized carbons (Fsp3) is 0.286. The van der Waals surface area contributed by atoms with Gasteiger partial charge in [-0.05, 0) is 36.0 Å². The minimum Gasteiger partial charge on any atom is -0.382 e. The third-order valence-corrected chi connectivity index (χ3v) is 3.86. The Balaban J connectivity index is 2.16. The Kier molecular flexibility index (Phi) is 4.03. The summed E-state index contributed by atoms with van der Waals surface area (Å²) >= 11 is 1.22. The lowest BCUT2D eigenvalue weighted by atomic mass is 10.1. The Hall–Kier alpha value is -2.06. The molecule has 1 heterocycles. The average molecular weight is 272 g/mol. The highest BCUT2D eigenvalue weighted by Crippen LogP contribution is 2.29. The van der Waals surface area contributed by atoms with Crippen LogP contribution in [0.4, 0.5) is 10.8 Å². The molecule has 0 aliphatic carbocycles. The lowest BCUT2D eigenvalue weighted by Gasteiger charge is -2.14. The van der Waals surface area contributed by atoms with Gasteiger partial charge in [-0.15, -0.1) is 0 Å². The van der Waals surface area contributed by atoms with E-state index in [2.05, 4.69) is 53.9 Å². The Morgan fingerprint density at radius 1 is 1.42 bits per heavy atom. The predicted octanol–water partition coefficient (Wildman–Crippen LogP) is 3.33. The van der Waals surface area contributed by atoms with E-state index in [1.807, 2.05) is 0 Å². The summed E-state index contributed by atoms with van der Waals surface area (Å²) in [4.78, 5) is 0. The molecule has 0 spiro atoms. The minimum absolute atomic E-state index is 0.109. The van der Waals surface area contributed by atoms with Crippen molar-refractivity contribution in [2.75, 3.05) is 11.1 Å². The number of hydrogen-bond acceptors (Lipinski definition) is 5. The third-order valence-electron chi connectivity index (χ3n) is 3.07. The predicted molar refractivity (Wildman–Crippen MR) is 79.1 cm³/mol. The highest BCUT2D eigenvalue weighted by atomic mass is 32.1. The summed E-state index contributed by atoms with van der Waals surface area (Å²) in [6, 6.07) is 10.6. The van der Waals surface area contributed by atoms with E-state index >= 15 is 0 Å². The molecule has 4 nitrogen and oxygen atoms in total. The second-order valence-electron chi connectivity index (χ2n) is 4.34. The van der Waals surface area contributed by atoms with Crippen molar-refractivity contribution in [1.29, 1.82) is 5.26 Å². The Morgan fingerprint density at radius 3 is 2.68 bits per heavy atom. The number of rotatable bonds is 4. The molecule has 0 saturated heterocycles. The van der Waals surface area contributed by atoms with E-state index in [0.717, 1.165) is 11.4 Å². The molecule has 2 aromatic rings. The van der Waals surface area contributed by atoms with Crippen molar-refractivity contribution in [2.45, 2.75) is 26.3 Å². The molecule has 5 heteroatoms. The zero-order valence-electron chi connectivity index (χ0n) is 11.0. The van der Waals surface area contributed by atoms with Crippen molar-refractivity contribution in [3.05, 3.63) is 41.0 Å². The Bertz CT molecular complexity index is 595. The highest BCUT2D eigenvalue weighted by molar-refractivity contribution is 7.10. The molecule has 0 aliphatic heterocycles. The number of anilines is 2. The van der Waals surface area contributed by atoms with Gasteiger partial charge < -0.3 is 11.1 Å². The van der Waals surface area contributed by atoms with Gasteiger partial charge in [-0.2, -0.15) is 9.64 Å². The summed E-state index contributed by atoms with van der Waals surface area (Å²) in [5, 5.41) is 13.1. The molecule has 0 radical (unpaired) electrons. The molecular formula is C14H16N4S. The SMILES string of the molecule is CCc1ccc(C(C)Nc2snc(N)c2C#N)cc1. The van der Waals surface area contributed by atoms with Gasteiger partial charge >= 0.3 is 0 Å².